The summed E-state index contributed by atoms with van der Waals surface area (Å²) in [5.74, 6) is 0.181. The van der Waals surface area contributed by atoms with Crippen LogP contribution in [0, 0.1) is 0 Å². The van der Waals surface area contributed by atoms with Gasteiger partial charge in [0, 0.05) is 50.8 Å². The molecule has 0 aliphatic carbocycles. The predicted molar refractivity (Wildman–Crippen MR) is 94.7 cm³/mol. The van der Waals surface area contributed by atoms with Crippen LogP contribution in [0.3, 0.4) is 0 Å². The first-order valence-electron chi connectivity index (χ1n) is 8.59. The lowest BCUT2D eigenvalue weighted by Gasteiger charge is -2.33. The second-order valence-corrected chi connectivity index (χ2v) is 6.33. The van der Waals surface area contributed by atoms with E-state index < -0.39 is 0 Å². The molecule has 0 N–H and O–H groups in total. The zero-order valence-electron chi connectivity index (χ0n) is 14.5. The van der Waals surface area contributed by atoms with Crippen molar-refractivity contribution in [1.82, 2.24) is 19.8 Å². The van der Waals surface area contributed by atoms with Gasteiger partial charge >= 0.3 is 0 Å². The Morgan fingerprint density at radius 3 is 2.88 bits per heavy atom. The molecule has 0 bridgehead atoms. The van der Waals surface area contributed by atoms with Crippen molar-refractivity contribution in [3.05, 3.63) is 60.2 Å². The van der Waals surface area contributed by atoms with Crippen LogP contribution in [0.1, 0.15) is 23.7 Å². The van der Waals surface area contributed by atoms with E-state index in [0.29, 0.717) is 26.1 Å². The third-order valence-corrected chi connectivity index (χ3v) is 4.38. The maximum absolute atomic E-state index is 12.6. The number of hydrogen-bond acceptors (Lipinski definition) is 5. The van der Waals surface area contributed by atoms with Crippen LogP contribution in [0.25, 0.3) is 0 Å². The largest absolute Gasteiger partial charge is 0.370 e. The average molecular weight is 340 g/mol. The molecule has 2 aromatic rings. The standard InChI is InChI=1S/C19H24N4O2/c1-22(14-16-3-2-7-21-13-16)10-6-19(24)23-11-12-25-18(15-23)17-4-8-20-9-5-17/h2-5,7-9,13,18H,6,10-12,14-15H2,1H3. The number of hydrogen-bond donors (Lipinski definition) is 0. The number of ether oxygens (including phenoxy) is 1. The van der Waals surface area contributed by atoms with Crippen LogP contribution in [0.2, 0.25) is 0 Å². The molecule has 1 atom stereocenters. The molecular weight excluding hydrogens is 316 g/mol. The zero-order valence-corrected chi connectivity index (χ0v) is 14.5. The van der Waals surface area contributed by atoms with Gasteiger partial charge in [-0.05, 0) is 36.4 Å². The van der Waals surface area contributed by atoms with Gasteiger partial charge in [0.05, 0.1) is 13.2 Å². The summed E-state index contributed by atoms with van der Waals surface area (Å²) in [7, 11) is 2.03. The summed E-state index contributed by atoms with van der Waals surface area (Å²) in [4.78, 5) is 24.8. The van der Waals surface area contributed by atoms with Gasteiger partial charge in [-0.3, -0.25) is 14.8 Å². The first kappa shape index (κ1) is 17.5. The summed E-state index contributed by atoms with van der Waals surface area (Å²) < 4.78 is 5.81. The van der Waals surface area contributed by atoms with Crippen LogP contribution < -0.4 is 0 Å². The molecule has 0 aromatic carbocycles. The van der Waals surface area contributed by atoms with Crippen LogP contribution in [-0.2, 0) is 16.1 Å². The van der Waals surface area contributed by atoms with E-state index in [-0.39, 0.29) is 12.0 Å². The van der Waals surface area contributed by atoms with Crippen molar-refractivity contribution in [2.45, 2.75) is 19.1 Å². The maximum atomic E-state index is 12.6. The molecule has 132 valence electrons. The topological polar surface area (TPSA) is 58.6 Å². The van der Waals surface area contributed by atoms with Gasteiger partial charge in [-0.25, -0.2) is 0 Å². The number of pyridine rings is 2. The van der Waals surface area contributed by atoms with Crippen molar-refractivity contribution in [2.75, 3.05) is 33.3 Å². The molecule has 0 radical (unpaired) electrons. The van der Waals surface area contributed by atoms with Gasteiger partial charge < -0.3 is 14.5 Å². The molecule has 0 spiro atoms. The van der Waals surface area contributed by atoms with Gasteiger partial charge in [-0.15, -0.1) is 0 Å². The SMILES string of the molecule is CN(CCC(=O)N1CCOC(c2ccncc2)C1)Cc1cccnc1. The molecule has 1 unspecified atom stereocenters. The highest BCUT2D eigenvalue weighted by Gasteiger charge is 2.25. The third kappa shape index (κ3) is 5.08. The highest BCUT2D eigenvalue weighted by atomic mass is 16.5. The normalized spacial score (nSPS) is 17.7. The van der Waals surface area contributed by atoms with Crippen molar-refractivity contribution in [3.63, 3.8) is 0 Å². The molecule has 1 saturated heterocycles. The Balaban J connectivity index is 1.47. The highest BCUT2D eigenvalue weighted by Crippen LogP contribution is 2.21. The van der Waals surface area contributed by atoms with Crippen molar-refractivity contribution >= 4 is 5.91 Å². The number of carbonyl (C=O) groups excluding carboxylic acids is 1. The van der Waals surface area contributed by atoms with E-state index >= 15 is 0 Å². The smallest absolute Gasteiger partial charge is 0.224 e. The van der Waals surface area contributed by atoms with E-state index in [0.717, 1.165) is 24.2 Å². The van der Waals surface area contributed by atoms with Crippen LogP contribution in [0.5, 0.6) is 0 Å². The Labute approximate surface area is 148 Å². The molecule has 1 amide bonds. The fraction of sp³-hybridized carbons (Fsp3) is 0.421. The summed E-state index contributed by atoms with van der Waals surface area (Å²) in [6.45, 7) is 3.36. The Morgan fingerprint density at radius 2 is 2.12 bits per heavy atom. The first-order chi connectivity index (χ1) is 12.2. The molecule has 1 aliphatic rings. The summed E-state index contributed by atoms with van der Waals surface area (Å²) in [5, 5.41) is 0. The van der Waals surface area contributed by atoms with E-state index in [9.17, 15) is 4.79 Å². The molecule has 2 aromatic heterocycles. The number of morpholine rings is 1. The number of nitrogens with zero attached hydrogens (tertiary/aromatic N) is 4. The molecule has 6 nitrogen and oxygen atoms in total. The van der Waals surface area contributed by atoms with Gasteiger partial charge in [-0.2, -0.15) is 0 Å². The Hall–Kier alpha value is -2.31. The summed E-state index contributed by atoms with van der Waals surface area (Å²) in [6.07, 6.45) is 7.60. The monoisotopic (exact) mass is 340 g/mol. The van der Waals surface area contributed by atoms with Crippen molar-refractivity contribution in [2.24, 2.45) is 0 Å². The van der Waals surface area contributed by atoms with Gasteiger partial charge in [0.15, 0.2) is 0 Å². The van der Waals surface area contributed by atoms with Gasteiger partial charge in [0.2, 0.25) is 5.91 Å². The minimum Gasteiger partial charge on any atom is -0.370 e. The molecule has 6 heteroatoms. The molecule has 25 heavy (non-hydrogen) atoms. The zero-order chi connectivity index (χ0) is 17.5. The maximum Gasteiger partial charge on any atom is 0.224 e. The van der Waals surface area contributed by atoms with Crippen molar-refractivity contribution in [3.8, 4) is 0 Å². The molecule has 1 aliphatic heterocycles. The fourth-order valence-corrected chi connectivity index (χ4v) is 2.98. The first-order valence-corrected chi connectivity index (χ1v) is 8.59. The predicted octanol–water partition coefficient (Wildman–Crippen LogP) is 1.90. The van der Waals surface area contributed by atoms with Gasteiger partial charge in [-0.1, -0.05) is 6.07 Å². The van der Waals surface area contributed by atoms with Crippen LogP contribution >= 0.6 is 0 Å². The van der Waals surface area contributed by atoms with Crippen molar-refractivity contribution in [1.29, 1.82) is 0 Å². The summed E-state index contributed by atoms with van der Waals surface area (Å²) in [6, 6.07) is 7.87. The van der Waals surface area contributed by atoms with Gasteiger partial charge in [0.25, 0.3) is 0 Å². The third-order valence-electron chi connectivity index (χ3n) is 4.38. The van der Waals surface area contributed by atoms with Crippen LogP contribution in [-0.4, -0.2) is 59.0 Å². The molecular formula is C19H24N4O2. The molecule has 3 rings (SSSR count). The number of rotatable bonds is 6. The van der Waals surface area contributed by atoms with E-state index in [1.165, 1.54) is 0 Å². The number of amides is 1. The fourth-order valence-electron chi connectivity index (χ4n) is 2.98. The quantitative estimate of drug-likeness (QED) is 0.804. The van der Waals surface area contributed by atoms with E-state index in [1.54, 1.807) is 18.6 Å². The van der Waals surface area contributed by atoms with Crippen molar-refractivity contribution < 1.29 is 9.53 Å². The Bertz CT molecular complexity index is 666. The lowest BCUT2D eigenvalue weighted by atomic mass is 10.1. The van der Waals surface area contributed by atoms with Crippen LogP contribution in [0.15, 0.2) is 49.1 Å². The number of carbonyl (C=O) groups is 1. The Kier molecular flexibility index (Phi) is 6.09. The average Bonchev–Trinajstić information content (AvgIpc) is 2.68. The summed E-state index contributed by atoms with van der Waals surface area (Å²) >= 11 is 0. The molecule has 0 saturated carbocycles. The highest BCUT2D eigenvalue weighted by molar-refractivity contribution is 5.76. The van der Waals surface area contributed by atoms with E-state index in [4.69, 9.17) is 4.74 Å². The van der Waals surface area contributed by atoms with E-state index in [1.807, 2.05) is 42.4 Å². The second-order valence-electron chi connectivity index (χ2n) is 6.33. The number of aromatic nitrogens is 2. The molecule has 3 heterocycles. The van der Waals surface area contributed by atoms with Crippen LogP contribution in [0.4, 0.5) is 0 Å². The van der Waals surface area contributed by atoms with E-state index in [2.05, 4.69) is 14.9 Å². The lowest BCUT2D eigenvalue weighted by Crippen LogP contribution is -2.43. The summed E-state index contributed by atoms with van der Waals surface area (Å²) in [5.41, 5.74) is 2.22. The Morgan fingerprint density at radius 1 is 1.28 bits per heavy atom. The minimum absolute atomic E-state index is 0.0613. The molecule has 1 fully saturated rings. The minimum atomic E-state index is -0.0613. The lowest BCUT2D eigenvalue weighted by molar-refractivity contribution is -0.139. The second kappa shape index (κ2) is 8.69. The van der Waals surface area contributed by atoms with Gasteiger partial charge in [0.1, 0.15) is 6.10 Å².